The molecule has 0 nitrogen and oxygen atoms in total. The zero-order chi connectivity index (χ0) is 10.3. The zero-order valence-electron chi connectivity index (χ0n) is 8.30. The molecule has 0 bridgehead atoms. The van der Waals surface area contributed by atoms with Gasteiger partial charge >= 0.3 is 105 Å². The van der Waals surface area contributed by atoms with Gasteiger partial charge in [0.1, 0.15) is 0 Å². The Labute approximate surface area is 105 Å². The van der Waals surface area contributed by atoms with Gasteiger partial charge in [0.05, 0.1) is 0 Å². The van der Waals surface area contributed by atoms with Crippen molar-refractivity contribution in [3.05, 3.63) is 60.7 Å². The summed E-state index contributed by atoms with van der Waals surface area (Å²) in [6, 6.07) is 21.9. The first-order chi connectivity index (χ1) is 7.45. The normalized spacial score (nSPS) is 10.1. The van der Waals surface area contributed by atoms with E-state index in [-0.39, 0.29) is 6.73 Å². The minimum atomic E-state index is 0.140. The molecule has 0 saturated heterocycles. The number of benzene rings is 2. The standard InChI is InChI=1S/C12H12Se2Si/c1-3-7-11(8-4-1)13-15-14-12-9-5-2-6-10-12/h1-10H,15H2. The summed E-state index contributed by atoms with van der Waals surface area (Å²) in [6.45, 7) is 0.140. The van der Waals surface area contributed by atoms with E-state index < -0.39 is 0 Å². The molecular formula is C12H12Se2Si. The van der Waals surface area contributed by atoms with Crippen LogP contribution in [0.25, 0.3) is 0 Å². The molecule has 3 heteroatoms. The summed E-state index contributed by atoms with van der Waals surface area (Å²) in [5.74, 6) is 0. The van der Waals surface area contributed by atoms with Crippen molar-refractivity contribution < 1.29 is 0 Å². The van der Waals surface area contributed by atoms with Gasteiger partial charge in [-0.25, -0.2) is 0 Å². The Morgan fingerprint density at radius 3 is 1.40 bits per heavy atom. The third-order valence-corrected chi connectivity index (χ3v) is 17.4. The fourth-order valence-corrected chi connectivity index (χ4v) is 17.9. The Morgan fingerprint density at radius 2 is 1.00 bits per heavy atom. The van der Waals surface area contributed by atoms with Gasteiger partial charge in [-0.1, -0.05) is 0 Å². The van der Waals surface area contributed by atoms with Gasteiger partial charge in [-0.05, 0) is 0 Å². The van der Waals surface area contributed by atoms with E-state index in [9.17, 15) is 0 Å². The second-order valence-corrected chi connectivity index (χ2v) is 18.7. The van der Waals surface area contributed by atoms with Gasteiger partial charge in [0.25, 0.3) is 0 Å². The van der Waals surface area contributed by atoms with E-state index in [2.05, 4.69) is 60.7 Å². The molecule has 0 aromatic heterocycles. The van der Waals surface area contributed by atoms with Crippen molar-refractivity contribution in [3.8, 4) is 0 Å². The molecule has 2 aromatic carbocycles. The Bertz CT molecular complexity index is 349. The third-order valence-electron chi connectivity index (χ3n) is 1.94. The van der Waals surface area contributed by atoms with Crippen molar-refractivity contribution >= 4 is 44.3 Å². The van der Waals surface area contributed by atoms with E-state index in [1.54, 1.807) is 8.92 Å². The molecule has 0 atom stereocenters. The van der Waals surface area contributed by atoms with E-state index >= 15 is 0 Å². The Hall–Kier alpha value is -0.304. The van der Waals surface area contributed by atoms with Crippen LogP contribution in [-0.2, 0) is 0 Å². The molecular weight excluding hydrogens is 330 g/mol. The topological polar surface area (TPSA) is 0 Å². The molecule has 0 aliphatic heterocycles. The van der Waals surface area contributed by atoms with Gasteiger partial charge in [-0.15, -0.1) is 0 Å². The first-order valence-electron chi connectivity index (χ1n) is 4.81. The fourth-order valence-electron chi connectivity index (χ4n) is 1.20. The minimum absolute atomic E-state index is 0.140. The van der Waals surface area contributed by atoms with E-state index in [1.165, 1.54) is 0 Å². The predicted molar refractivity (Wildman–Crippen MR) is 72.2 cm³/mol. The quantitative estimate of drug-likeness (QED) is 0.689. The van der Waals surface area contributed by atoms with Crippen LogP contribution in [0.15, 0.2) is 60.7 Å². The molecule has 0 N–H and O–H groups in total. The van der Waals surface area contributed by atoms with Crippen LogP contribution in [0.5, 0.6) is 0 Å². The molecule has 2 aromatic rings. The van der Waals surface area contributed by atoms with Crippen molar-refractivity contribution in [2.75, 3.05) is 0 Å². The van der Waals surface area contributed by atoms with Crippen LogP contribution < -0.4 is 8.92 Å². The summed E-state index contributed by atoms with van der Waals surface area (Å²) in [5, 5.41) is 0. The molecule has 0 unspecified atom stereocenters. The Kier molecular flexibility index (Phi) is 4.71. The molecule has 0 radical (unpaired) electrons. The van der Waals surface area contributed by atoms with Crippen LogP contribution in [0.1, 0.15) is 0 Å². The van der Waals surface area contributed by atoms with Crippen LogP contribution in [-0.4, -0.2) is 35.4 Å². The van der Waals surface area contributed by atoms with Crippen LogP contribution in [0.4, 0.5) is 0 Å². The van der Waals surface area contributed by atoms with E-state index in [0.717, 1.165) is 28.6 Å². The number of hydrogen-bond acceptors (Lipinski definition) is 0. The zero-order valence-corrected chi connectivity index (χ0v) is 13.1. The monoisotopic (exact) mass is 344 g/mol. The molecule has 0 heterocycles. The van der Waals surface area contributed by atoms with Crippen LogP contribution in [0.3, 0.4) is 0 Å². The van der Waals surface area contributed by atoms with Crippen molar-refractivity contribution in [1.29, 1.82) is 0 Å². The average molecular weight is 342 g/mol. The summed E-state index contributed by atoms with van der Waals surface area (Å²) in [7, 11) is 0. The van der Waals surface area contributed by atoms with Crippen LogP contribution >= 0.6 is 0 Å². The fraction of sp³-hybridized carbons (Fsp3) is 0. The summed E-state index contributed by atoms with van der Waals surface area (Å²) < 4.78 is 3.16. The van der Waals surface area contributed by atoms with E-state index in [1.807, 2.05) is 0 Å². The average Bonchev–Trinajstić information content (AvgIpc) is 2.32. The van der Waals surface area contributed by atoms with Gasteiger partial charge in [0.15, 0.2) is 0 Å². The Balaban J connectivity index is 1.81. The van der Waals surface area contributed by atoms with Crippen molar-refractivity contribution in [1.82, 2.24) is 0 Å². The van der Waals surface area contributed by atoms with E-state index in [4.69, 9.17) is 0 Å². The molecule has 0 fully saturated rings. The molecule has 15 heavy (non-hydrogen) atoms. The summed E-state index contributed by atoms with van der Waals surface area (Å²) in [5.41, 5.74) is 0. The third kappa shape index (κ3) is 3.98. The Morgan fingerprint density at radius 1 is 0.600 bits per heavy atom. The maximum atomic E-state index is 2.27. The number of rotatable bonds is 4. The first kappa shape index (κ1) is 11.2. The molecule has 0 aliphatic carbocycles. The molecule has 0 amide bonds. The summed E-state index contributed by atoms with van der Waals surface area (Å²) >= 11 is 1.58. The molecule has 2 rings (SSSR count). The maximum absolute atomic E-state index is 2.27. The molecule has 0 aliphatic rings. The molecule has 0 saturated carbocycles. The SMILES string of the molecule is c1ccc([Se][SiH2][Se]c2ccccc2)cc1. The van der Waals surface area contributed by atoms with Crippen molar-refractivity contribution in [2.45, 2.75) is 0 Å². The number of hydrogen-bond donors (Lipinski definition) is 0. The van der Waals surface area contributed by atoms with Crippen LogP contribution in [0, 0.1) is 0 Å². The first-order valence-corrected chi connectivity index (χ1v) is 14.9. The summed E-state index contributed by atoms with van der Waals surface area (Å²) in [4.78, 5) is 0. The van der Waals surface area contributed by atoms with Gasteiger partial charge in [0.2, 0.25) is 0 Å². The second kappa shape index (κ2) is 6.32. The van der Waals surface area contributed by atoms with Crippen LogP contribution in [0.2, 0.25) is 0 Å². The van der Waals surface area contributed by atoms with Gasteiger partial charge in [-0.3, -0.25) is 0 Å². The van der Waals surface area contributed by atoms with E-state index in [0.29, 0.717) is 0 Å². The summed E-state index contributed by atoms with van der Waals surface area (Å²) in [6.07, 6.45) is 0. The van der Waals surface area contributed by atoms with Crippen molar-refractivity contribution in [2.24, 2.45) is 0 Å². The van der Waals surface area contributed by atoms with Crippen molar-refractivity contribution in [3.63, 3.8) is 0 Å². The van der Waals surface area contributed by atoms with Gasteiger partial charge < -0.3 is 0 Å². The second-order valence-electron chi connectivity index (χ2n) is 3.03. The molecule has 76 valence electrons. The predicted octanol–water partition coefficient (Wildman–Crippen LogP) is 0.0446. The van der Waals surface area contributed by atoms with Gasteiger partial charge in [-0.2, -0.15) is 0 Å². The molecule has 0 spiro atoms. The van der Waals surface area contributed by atoms with Gasteiger partial charge in [0, 0.05) is 0 Å².